The molecule has 1 atom stereocenters. The fourth-order valence-corrected chi connectivity index (χ4v) is 1.20. The molecular weight excluding hydrogens is 222 g/mol. The summed E-state index contributed by atoms with van der Waals surface area (Å²) in [4.78, 5) is 22.3. The fraction of sp³-hybridized carbons (Fsp3) is 0.250. The molecule has 0 saturated carbocycles. The topological polar surface area (TPSA) is 87.4 Å². The van der Waals surface area contributed by atoms with E-state index in [1.807, 2.05) is 6.07 Å². The van der Waals surface area contributed by atoms with E-state index in [0.717, 1.165) is 0 Å². The van der Waals surface area contributed by atoms with Gasteiger partial charge in [-0.2, -0.15) is 5.26 Å². The Morgan fingerprint density at radius 3 is 2.53 bits per heavy atom. The number of hydrogen-bond donors (Lipinski definition) is 1. The number of carbonyl (C=O) groups is 2. The molecule has 0 aliphatic heterocycles. The predicted octanol–water partition coefficient (Wildman–Crippen LogP) is 1.60. The SMILES string of the molecule is N#CCCC(OC(=O)c1ccccc1)C(=O)O. The van der Waals surface area contributed by atoms with E-state index in [4.69, 9.17) is 15.1 Å². The Morgan fingerprint density at radius 2 is 2.00 bits per heavy atom. The second-order valence-corrected chi connectivity index (χ2v) is 3.30. The molecule has 1 aromatic rings. The molecular formula is C12H11NO4. The Morgan fingerprint density at radius 1 is 1.35 bits per heavy atom. The number of ether oxygens (including phenoxy) is 1. The Balaban J connectivity index is 2.65. The number of nitriles is 1. The highest BCUT2D eigenvalue weighted by atomic mass is 16.6. The third kappa shape index (κ3) is 3.95. The lowest BCUT2D eigenvalue weighted by atomic mass is 10.2. The van der Waals surface area contributed by atoms with Gasteiger partial charge < -0.3 is 9.84 Å². The number of benzene rings is 1. The molecule has 0 spiro atoms. The molecule has 1 rings (SSSR count). The number of aliphatic carboxylic acids is 1. The van der Waals surface area contributed by atoms with Crippen LogP contribution in [-0.4, -0.2) is 23.1 Å². The average Bonchev–Trinajstić information content (AvgIpc) is 2.35. The molecule has 1 N–H and O–H groups in total. The van der Waals surface area contributed by atoms with Gasteiger partial charge in [0.05, 0.1) is 11.6 Å². The minimum atomic E-state index is -1.28. The van der Waals surface area contributed by atoms with Crippen LogP contribution < -0.4 is 0 Å². The zero-order valence-corrected chi connectivity index (χ0v) is 9.00. The Labute approximate surface area is 98.2 Å². The highest BCUT2D eigenvalue weighted by molar-refractivity contribution is 5.91. The largest absolute Gasteiger partial charge is 0.479 e. The van der Waals surface area contributed by atoms with Crippen LogP contribution in [0.15, 0.2) is 30.3 Å². The van der Waals surface area contributed by atoms with Gasteiger partial charge in [0.25, 0.3) is 0 Å². The summed E-state index contributed by atoms with van der Waals surface area (Å²) >= 11 is 0. The summed E-state index contributed by atoms with van der Waals surface area (Å²) in [5.74, 6) is -1.94. The van der Waals surface area contributed by atoms with Gasteiger partial charge in [-0.3, -0.25) is 0 Å². The molecule has 88 valence electrons. The maximum absolute atomic E-state index is 11.6. The zero-order valence-electron chi connectivity index (χ0n) is 9.00. The van der Waals surface area contributed by atoms with Gasteiger partial charge in [0.1, 0.15) is 0 Å². The second-order valence-electron chi connectivity index (χ2n) is 3.30. The van der Waals surface area contributed by atoms with Crippen LogP contribution in [0, 0.1) is 11.3 Å². The van der Waals surface area contributed by atoms with Crippen LogP contribution >= 0.6 is 0 Å². The van der Waals surface area contributed by atoms with Crippen LogP contribution in [0.3, 0.4) is 0 Å². The van der Waals surface area contributed by atoms with E-state index in [1.165, 1.54) is 12.1 Å². The molecule has 0 aliphatic carbocycles. The molecule has 0 amide bonds. The molecule has 0 heterocycles. The van der Waals surface area contributed by atoms with E-state index in [2.05, 4.69) is 0 Å². The van der Waals surface area contributed by atoms with Crippen molar-refractivity contribution in [3.63, 3.8) is 0 Å². The smallest absolute Gasteiger partial charge is 0.345 e. The summed E-state index contributed by atoms with van der Waals surface area (Å²) in [6.07, 6.45) is -1.26. The van der Waals surface area contributed by atoms with Gasteiger partial charge >= 0.3 is 11.9 Å². The molecule has 5 nitrogen and oxygen atoms in total. The van der Waals surface area contributed by atoms with Crippen molar-refractivity contribution < 1.29 is 19.4 Å². The number of carboxylic acid groups (broad SMARTS) is 1. The first kappa shape index (κ1) is 12.7. The van der Waals surface area contributed by atoms with Crippen LogP contribution in [0.1, 0.15) is 23.2 Å². The lowest BCUT2D eigenvalue weighted by Gasteiger charge is -2.11. The number of esters is 1. The van der Waals surface area contributed by atoms with Gasteiger partial charge in [-0.25, -0.2) is 9.59 Å². The van der Waals surface area contributed by atoms with Gasteiger partial charge in [-0.15, -0.1) is 0 Å². The monoisotopic (exact) mass is 233 g/mol. The van der Waals surface area contributed by atoms with Gasteiger partial charge in [-0.05, 0) is 12.1 Å². The minimum Gasteiger partial charge on any atom is -0.479 e. The first-order chi connectivity index (χ1) is 8.15. The average molecular weight is 233 g/mol. The quantitative estimate of drug-likeness (QED) is 0.780. The van der Waals surface area contributed by atoms with E-state index in [1.54, 1.807) is 18.2 Å². The molecule has 0 fully saturated rings. The van der Waals surface area contributed by atoms with Crippen molar-refractivity contribution in [1.82, 2.24) is 0 Å². The molecule has 5 heteroatoms. The summed E-state index contributed by atoms with van der Waals surface area (Å²) in [7, 11) is 0. The van der Waals surface area contributed by atoms with Crippen LogP contribution in [0.5, 0.6) is 0 Å². The normalized spacial score (nSPS) is 11.2. The molecule has 0 aliphatic rings. The van der Waals surface area contributed by atoms with Gasteiger partial charge in [0, 0.05) is 12.8 Å². The zero-order chi connectivity index (χ0) is 12.7. The minimum absolute atomic E-state index is 0.00952. The maximum Gasteiger partial charge on any atom is 0.345 e. The lowest BCUT2D eigenvalue weighted by molar-refractivity contribution is -0.147. The Hall–Kier alpha value is -2.35. The summed E-state index contributed by atoms with van der Waals surface area (Å²) < 4.78 is 4.81. The third-order valence-electron chi connectivity index (χ3n) is 2.05. The Kier molecular flexibility index (Phi) is 4.70. The summed E-state index contributed by atoms with van der Waals surface area (Å²) in [6, 6.07) is 9.92. The standard InChI is InChI=1S/C12H11NO4/c13-8-4-7-10(11(14)15)17-12(16)9-5-2-1-3-6-9/h1-3,5-6,10H,4,7H2,(H,14,15). The van der Waals surface area contributed by atoms with Crippen LogP contribution in [0.4, 0.5) is 0 Å². The van der Waals surface area contributed by atoms with Crippen LogP contribution in [0.2, 0.25) is 0 Å². The molecule has 1 unspecified atom stereocenters. The van der Waals surface area contributed by atoms with Gasteiger partial charge in [-0.1, -0.05) is 18.2 Å². The van der Waals surface area contributed by atoms with Crippen molar-refractivity contribution in [1.29, 1.82) is 5.26 Å². The first-order valence-corrected chi connectivity index (χ1v) is 5.01. The second kappa shape index (κ2) is 6.28. The van der Waals surface area contributed by atoms with Crippen molar-refractivity contribution in [2.75, 3.05) is 0 Å². The van der Waals surface area contributed by atoms with E-state index >= 15 is 0 Å². The van der Waals surface area contributed by atoms with E-state index in [0.29, 0.717) is 0 Å². The molecule has 0 radical (unpaired) electrons. The van der Waals surface area contributed by atoms with Crippen LogP contribution in [0.25, 0.3) is 0 Å². The maximum atomic E-state index is 11.6. The first-order valence-electron chi connectivity index (χ1n) is 5.01. The van der Waals surface area contributed by atoms with E-state index in [9.17, 15) is 9.59 Å². The van der Waals surface area contributed by atoms with Crippen molar-refractivity contribution in [3.8, 4) is 6.07 Å². The summed E-state index contributed by atoms with van der Waals surface area (Å²) in [5.41, 5.74) is 0.288. The van der Waals surface area contributed by atoms with Crippen LogP contribution in [-0.2, 0) is 9.53 Å². The fourth-order valence-electron chi connectivity index (χ4n) is 1.20. The Bertz CT molecular complexity index is 436. The molecule has 17 heavy (non-hydrogen) atoms. The molecule has 0 bridgehead atoms. The summed E-state index contributed by atoms with van der Waals surface area (Å²) in [6.45, 7) is 0. The molecule has 0 aromatic heterocycles. The highest BCUT2D eigenvalue weighted by Crippen LogP contribution is 2.08. The van der Waals surface area contributed by atoms with Crippen molar-refractivity contribution in [2.24, 2.45) is 0 Å². The number of carbonyl (C=O) groups excluding carboxylic acids is 1. The summed E-state index contributed by atoms with van der Waals surface area (Å²) in [5, 5.41) is 17.2. The lowest BCUT2D eigenvalue weighted by Crippen LogP contribution is -2.26. The number of carboxylic acids is 1. The third-order valence-corrected chi connectivity index (χ3v) is 2.05. The van der Waals surface area contributed by atoms with Gasteiger partial charge in [0.2, 0.25) is 0 Å². The highest BCUT2D eigenvalue weighted by Gasteiger charge is 2.22. The van der Waals surface area contributed by atoms with Crippen molar-refractivity contribution in [2.45, 2.75) is 18.9 Å². The molecule has 1 aromatic carbocycles. The van der Waals surface area contributed by atoms with Crippen molar-refractivity contribution >= 4 is 11.9 Å². The van der Waals surface area contributed by atoms with E-state index < -0.39 is 18.0 Å². The number of hydrogen-bond acceptors (Lipinski definition) is 4. The van der Waals surface area contributed by atoms with Crippen molar-refractivity contribution in [3.05, 3.63) is 35.9 Å². The number of nitrogens with zero attached hydrogens (tertiary/aromatic N) is 1. The number of rotatable bonds is 5. The predicted molar refractivity (Wildman–Crippen MR) is 58.1 cm³/mol. The van der Waals surface area contributed by atoms with E-state index in [-0.39, 0.29) is 18.4 Å². The molecule has 0 saturated heterocycles. The van der Waals surface area contributed by atoms with Gasteiger partial charge in [0.15, 0.2) is 6.10 Å².